The van der Waals surface area contributed by atoms with E-state index >= 15 is 0 Å². The molecule has 0 spiro atoms. The molecule has 2 aromatic carbocycles. The molecule has 0 amide bonds. The Balaban J connectivity index is 2.78. The topological polar surface area (TPSA) is 23.8 Å². The van der Waals surface area contributed by atoms with E-state index in [1.807, 2.05) is 0 Å². The Labute approximate surface area is 95.7 Å². The maximum absolute atomic E-state index is 13.6. The number of hydrogen-bond acceptors (Lipinski definition) is 1. The number of hydrogen-bond donors (Lipinski definition) is 0. The Kier molecular flexibility index (Phi) is 2.84. The molecule has 0 aromatic heterocycles. The summed E-state index contributed by atoms with van der Waals surface area (Å²) in [7, 11) is 0. The standard InChI is InChI=1S/C13H6F3N/c14-10-5-1-3-8(7-17)12(10)9-4-2-6-11(15)13(9)16/h1-6H. The van der Waals surface area contributed by atoms with Gasteiger partial charge in [-0.3, -0.25) is 0 Å². The van der Waals surface area contributed by atoms with Crippen molar-refractivity contribution in [3.8, 4) is 17.2 Å². The minimum absolute atomic E-state index is 0.0329. The normalized spacial score (nSPS) is 10.0. The molecule has 2 rings (SSSR count). The van der Waals surface area contributed by atoms with Gasteiger partial charge in [0, 0.05) is 11.1 Å². The van der Waals surface area contributed by atoms with Crippen molar-refractivity contribution >= 4 is 0 Å². The predicted molar refractivity (Wildman–Crippen MR) is 56.5 cm³/mol. The average Bonchev–Trinajstić information content (AvgIpc) is 2.33. The summed E-state index contributed by atoms with van der Waals surface area (Å²) in [6.07, 6.45) is 0. The van der Waals surface area contributed by atoms with Gasteiger partial charge in [0.15, 0.2) is 11.6 Å². The lowest BCUT2D eigenvalue weighted by Crippen LogP contribution is -1.95. The van der Waals surface area contributed by atoms with Crippen molar-refractivity contribution in [2.45, 2.75) is 0 Å². The Bertz CT molecular complexity index is 615. The zero-order valence-electron chi connectivity index (χ0n) is 8.55. The van der Waals surface area contributed by atoms with Crippen LogP contribution in [-0.2, 0) is 0 Å². The maximum Gasteiger partial charge on any atom is 0.166 e. The molecule has 0 N–H and O–H groups in total. The lowest BCUT2D eigenvalue weighted by atomic mass is 9.99. The highest BCUT2D eigenvalue weighted by Crippen LogP contribution is 2.29. The third-order valence-electron chi connectivity index (χ3n) is 2.35. The van der Waals surface area contributed by atoms with Crippen LogP contribution in [0.25, 0.3) is 11.1 Å². The molecule has 0 unspecified atom stereocenters. The van der Waals surface area contributed by atoms with Crippen LogP contribution in [0, 0.1) is 28.8 Å². The van der Waals surface area contributed by atoms with Gasteiger partial charge in [0.2, 0.25) is 0 Å². The highest BCUT2D eigenvalue weighted by atomic mass is 19.2. The first kappa shape index (κ1) is 11.2. The van der Waals surface area contributed by atoms with Gasteiger partial charge in [-0.1, -0.05) is 18.2 Å². The third-order valence-corrected chi connectivity index (χ3v) is 2.35. The van der Waals surface area contributed by atoms with E-state index in [0.717, 1.165) is 12.1 Å². The van der Waals surface area contributed by atoms with Crippen LogP contribution in [0.15, 0.2) is 36.4 Å². The minimum Gasteiger partial charge on any atom is -0.206 e. The molecule has 17 heavy (non-hydrogen) atoms. The van der Waals surface area contributed by atoms with Gasteiger partial charge < -0.3 is 0 Å². The Morgan fingerprint density at radius 1 is 0.882 bits per heavy atom. The van der Waals surface area contributed by atoms with E-state index in [1.165, 1.54) is 24.3 Å². The van der Waals surface area contributed by atoms with Crippen LogP contribution in [-0.4, -0.2) is 0 Å². The summed E-state index contributed by atoms with van der Waals surface area (Å²) < 4.78 is 40.2. The van der Waals surface area contributed by atoms with Gasteiger partial charge in [0.1, 0.15) is 5.82 Å². The first-order chi connectivity index (χ1) is 8.15. The van der Waals surface area contributed by atoms with Crippen LogP contribution in [0.3, 0.4) is 0 Å². The molecule has 84 valence electrons. The summed E-state index contributed by atoms with van der Waals surface area (Å²) in [5.41, 5.74) is -0.499. The van der Waals surface area contributed by atoms with Crippen molar-refractivity contribution in [2.75, 3.05) is 0 Å². The van der Waals surface area contributed by atoms with Crippen molar-refractivity contribution in [1.82, 2.24) is 0 Å². The van der Waals surface area contributed by atoms with Crippen LogP contribution in [0.1, 0.15) is 5.56 Å². The van der Waals surface area contributed by atoms with Crippen LogP contribution in [0.5, 0.6) is 0 Å². The Morgan fingerprint density at radius 2 is 1.53 bits per heavy atom. The number of nitriles is 1. The fourth-order valence-corrected chi connectivity index (χ4v) is 1.59. The van der Waals surface area contributed by atoms with E-state index in [2.05, 4.69) is 0 Å². The molecule has 2 aromatic rings. The van der Waals surface area contributed by atoms with Crippen molar-refractivity contribution in [3.05, 3.63) is 59.4 Å². The van der Waals surface area contributed by atoms with Crippen LogP contribution in [0.4, 0.5) is 13.2 Å². The first-order valence-corrected chi connectivity index (χ1v) is 4.78. The summed E-state index contributed by atoms with van der Waals surface area (Å²) in [5.74, 6) is -2.99. The molecule has 1 nitrogen and oxygen atoms in total. The monoisotopic (exact) mass is 233 g/mol. The minimum atomic E-state index is -1.16. The molecule has 0 fully saturated rings. The van der Waals surface area contributed by atoms with Crippen molar-refractivity contribution in [3.63, 3.8) is 0 Å². The zero-order valence-corrected chi connectivity index (χ0v) is 8.55. The van der Waals surface area contributed by atoms with Gasteiger partial charge in [-0.25, -0.2) is 13.2 Å². The second-order valence-electron chi connectivity index (χ2n) is 3.38. The third kappa shape index (κ3) is 1.87. The number of nitrogens with zero attached hydrogens (tertiary/aromatic N) is 1. The van der Waals surface area contributed by atoms with Gasteiger partial charge in [-0.2, -0.15) is 5.26 Å². The second-order valence-corrected chi connectivity index (χ2v) is 3.38. The van der Waals surface area contributed by atoms with Crippen molar-refractivity contribution in [2.24, 2.45) is 0 Å². The number of rotatable bonds is 1. The number of halogens is 3. The fourth-order valence-electron chi connectivity index (χ4n) is 1.59. The molecule has 0 heterocycles. The number of benzene rings is 2. The molecule has 0 atom stereocenters. The van der Waals surface area contributed by atoms with Crippen LogP contribution >= 0.6 is 0 Å². The SMILES string of the molecule is N#Cc1cccc(F)c1-c1cccc(F)c1F. The average molecular weight is 233 g/mol. The van der Waals surface area contributed by atoms with Crippen molar-refractivity contribution < 1.29 is 13.2 Å². The van der Waals surface area contributed by atoms with E-state index < -0.39 is 17.5 Å². The molecule has 0 saturated heterocycles. The van der Waals surface area contributed by atoms with E-state index in [9.17, 15) is 13.2 Å². The second kappa shape index (κ2) is 4.30. The molecule has 0 saturated carbocycles. The molecule has 0 aliphatic heterocycles. The Hall–Kier alpha value is -2.28. The molecule has 4 heteroatoms. The predicted octanol–water partition coefficient (Wildman–Crippen LogP) is 3.64. The van der Waals surface area contributed by atoms with Gasteiger partial charge >= 0.3 is 0 Å². The van der Waals surface area contributed by atoms with E-state index in [4.69, 9.17) is 5.26 Å². The van der Waals surface area contributed by atoms with Gasteiger partial charge in [-0.15, -0.1) is 0 Å². The molecule has 0 aliphatic rings. The van der Waals surface area contributed by atoms with E-state index in [1.54, 1.807) is 6.07 Å². The fraction of sp³-hybridized carbons (Fsp3) is 0. The highest BCUT2D eigenvalue weighted by molar-refractivity contribution is 5.71. The summed E-state index contributed by atoms with van der Waals surface area (Å²) in [5, 5.41) is 8.83. The van der Waals surface area contributed by atoms with Gasteiger partial charge in [0.25, 0.3) is 0 Å². The lowest BCUT2D eigenvalue weighted by Gasteiger charge is -2.07. The smallest absolute Gasteiger partial charge is 0.166 e. The van der Waals surface area contributed by atoms with E-state index in [-0.39, 0.29) is 16.7 Å². The quantitative estimate of drug-likeness (QED) is 0.737. The summed E-state index contributed by atoms with van der Waals surface area (Å²) in [6.45, 7) is 0. The summed E-state index contributed by atoms with van der Waals surface area (Å²) in [6, 6.07) is 8.98. The Morgan fingerprint density at radius 3 is 2.24 bits per heavy atom. The van der Waals surface area contributed by atoms with Crippen LogP contribution in [0.2, 0.25) is 0 Å². The summed E-state index contributed by atoms with van der Waals surface area (Å²) in [4.78, 5) is 0. The highest BCUT2D eigenvalue weighted by Gasteiger charge is 2.16. The van der Waals surface area contributed by atoms with Crippen LogP contribution < -0.4 is 0 Å². The molecule has 0 bridgehead atoms. The molecule has 0 aliphatic carbocycles. The molecular formula is C13H6F3N. The molecular weight excluding hydrogens is 227 g/mol. The largest absolute Gasteiger partial charge is 0.206 e. The summed E-state index contributed by atoms with van der Waals surface area (Å²) >= 11 is 0. The lowest BCUT2D eigenvalue weighted by molar-refractivity contribution is 0.510. The van der Waals surface area contributed by atoms with E-state index in [0.29, 0.717) is 0 Å². The van der Waals surface area contributed by atoms with Gasteiger partial charge in [-0.05, 0) is 18.2 Å². The van der Waals surface area contributed by atoms with Crippen molar-refractivity contribution in [1.29, 1.82) is 5.26 Å². The van der Waals surface area contributed by atoms with Gasteiger partial charge in [0.05, 0.1) is 11.6 Å². The first-order valence-electron chi connectivity index (χ1n) is 4.78. The molecule has 0 radical (unpaired) electrons. The zero-order chi connectivity index (χ0) is 12.4. The maximum atomic E-state index is 13.6.